The van der Waals surface area contributed by atoms with E-state index < -0.39 is 5.41 Å². The van der Waals surface area contributed by atoms with Crippen molar-refractivity contribution >= 4 is 0 Å². The molecule has 82 valence electrons. The van der Waals surface area contributed by atoms with Crippen molar-refractivity contribution in [3.05, 3.63) is 0 Å². The predicted molar refractivity (Wildman–Crippen MR) is 51.5 cm³/mol. The molecule has 0 spiro atoms. The summed E-state index contributed by atoms with van der Waals surface area (Å²) in [4.78, 5) is 0. The molecule has 0 saturated carbocycles. The van der Waals surface area contributed by atoms with Gasteiger partial charge in [-0.3, -0.25) is 0 Å². The normalized spacial score (nSPS) is 10.6. The van der Waals surface area contributed by atoms with Gasteiger partial charge in [0.25, 0.3) is 0 Å². The summed E-state index contributed by atoms with van der Waals surface area (Å²) in [6, 6.07) is 0. The molecule has 4 heteroatoms. The topological polar surface area (TPSA) is 69.9 Å². The molecule has 0 atom stereocenters. The number of hydrogen-bond donors (Lipinski definition) is 3. The van der Waals surface area contributed by atoms with Crippen molar-refractivity contribution in [1.82, 2.24) is 0 Å². The highest BCUT2D eigenvalue weighted by Crippen LogP contribution is 2.10. The molecule has 0 aromatic rings. The van der Waals surface area contributed by atoms with E-state index in [1.54, 1.807) is 6.92 Å². The minimum Gasteiger partial charge on any atom is -0.396 e. The quantitative estimate of drug-likeness (QED) is 0.576. The Hall–Kier alpha value is -0.160. The third-order valence-corrected chi connectivity index (χ3v) is 1.55. The molecular weight excluding hydrogens is 172 g/mol. The van der Waals surface area contributed by atoms with Crippen LogP contribution in [0.2, 0.25) is 0 Å². The van der Waals surface area contributed by atoms with E-state index in [1.807, 2.05) is 13.8 Å². The lowest BCUT2D eigenvalue weighted by atomic mass is 9.95. The van der Waals surface area contributed by atoms with E-state index >= 15 is 0 Å². The van der Waals surface area contributed by atoms with Crippen molar-refractivity contribution in [2.45, 2.75) is 20.8 Å². The van der Waals surface area contributed by atoms with E-state index in [4.69, 9.17) is 20.1 Å². The number of ether oxygens (including phenoxy) is 1. The third kappa shape index (κ3) is 9.76. The van der Waals surface area contributed by atoms with E-state index in [0.717, 1.165) is 13.2 Å². The summed E-state index contributed by atoms with van der Waals surface area (Å²) in [7, 11) is 0. The molecule has 0 aromatic carbocycles. The third-order valence-electron chi connectivity index (χ3n) is 1.55. The van der Waals surface area contributed by atoms with Gasteiger partial charge < -0.3 is 20.1 Å². The Morgan fingerprint density at radius 2 is 1.23 bits per heavy atom. The van der Waals surface area contributed by atoms with Crippen molar-refractivity contribution in [3.63, 3.8) is 0 Å². The van der Waals surface area contributed by atoms with Crippen molar-refractivity contribution in [2.75, 3.05) is 33.0 Å². The summed E-state index contributed by atoms with van der Waals surface area (Å²) in [6.45, 7) is 6.73. The minimum absolute atomic E-state index is 0.181. The van der Waals surface area contributed by atoms with E-state index in [-0.39, 0.29) is 19.8 Å². The minimum atomic E-state index is -0.708. The summed E-state index contributed by atoms with van der Waals surface area (Å²) in [5, 5.41) is 25.4. The van der Waals surface area contributed by atoms with Gasteiger partial charge >= 0.3 is 0 Å². The fraction of sp³-hybridized carbons (Fsp3) is 1.00. The molecule has 0 unspecified atom stereocenters. The van der Waals surface area contributed by atoms with Gasteiger partial charge in [-0.25, -0.2) is 0 Å². The van der Waals surface area contributed by atoms with Crippen LogP contribution in [-0.4, -0.2) is 48.4 Å². The maximum atomic E-state index is 8.47. The molecule has 0 aliphatic rings. The number of rotatable bonds is 5. The maximum Gasteiger partial charge on any atom is 0.0528 e. The Labute approximate surface area is 80.2 Å². The van der Waals surface area contributed by atoms with Crippen LogP contribution in [0.1, 0.15) is 20.8 Å². The average molecular weight is 194 g/mol. The summed E-state index contributed by atoms with van der Waals surface area (Å²) in [5.74, 6) is 0. The predicted octanol–water partition coefficient (Wildman–Crippen LogP) is 0.0124. The first-order valence-corrected chi connectivity index (χ1v) is 4.50. The second-order valence-corrected chi connectivity index (χ2v) is 3.07. The van der Waals surface area contributed by atoms with Gasteiger partial charge in [-0.2, -0.15) is 0 Å². The fourth-order valence-corrected chi connectivity index (χ4v) is 0.354. The zero-order valence-corrected chi connectivity index (χ0v) is 8.79. The van der Waals surface area contributed by atoms with Crippen LogP contribution in [0.25, 0.3) is 0 Å². The Balaban J connectivity index is 0. The first-order valence-electron chi connectivity index (χ1n) is 4.50. The molecule has 0 bridgehead atoms. The van der Waals surface area contributed by atoms with Crippen LogP contribution in [0.3, 0.4) is 0 Å². The standard InChI is InChI=1S/C5H12O3.C4H10O/c1-5(2-6,3-7)4-8;1-3-5-4-2/h6-8H,2-4H2,1H3;3-4H2,1-2H3. The lowest BCUT2D eigenvalue weighted by Gasteiger charge is -2.20. The van der Waals surface area contributed by atoms with Gasteiger partial charge in [0, 0.05) is 18.6 Å². The molecule has 0 saturated heterocycles. The summed E-state index contributed by atoms with van der Waals surface area (Å²) >= 11 is 0. The Bertz CT molecular complexity index is 81.4. The lowest BCUT2D eigenvalue weighted by Crippen LogP contribution is -2.29. The van der Waals surface area contributed by atoms with Gasteiger partial charge in [0.2, 0.25) is 0 Å². The zero-order valence-electron chi connectivity index (χ0n) is 8.79. The van der Waals surface area contributed by atoms with Crippen LogP contribution < -0.4 is 0 Å². The van der Waals surface area contributed by atoms with E-state index in [1.165, 1.54) is 0 Å². The van der Waals surface area contributed by atoms with Gasteiger partial charge in [-0.1, -0.05) is 6.92 Å². The fourth-order valence-electron chi connectivity index (χ4n) is 0.354. The first-order chi connectivity index (χ1) is 6.10. The largest absolute Gasteiger partial charge is 0.396 e. The average Bonchev–Trinajstić information content (AvgIpc) is 2.19. The SMILES string of the molecule is CC(CO)(CO)CO.CCOCC. The van der Waals surface area contributed by atoms with Gasteiger partial charge in [0.15, 0.2) is 0 Å². The van der Waals surface area contributed by atoms with Gasteiger partial charge in [0.05, 0.1) is 19.8 Å². The van der Waals surface area contributed by atoms with Crippen LogP contribution in [0.15, 0.2) is 0 Å². The molecule has 0 fully saturated rings. The Morgan fingerprint density at radius 1 is 0.923 bits per heavy atom. The molecule has 3 N–H and O–H groups in total. The number of hydrogen-bond acceptors (Lipinski definition) is 4. The van der Waals surface area contributed by atoms with E-state index in [0.29, 0.717) is 0 Å². The van der Waals surface area contributed by atoms with Crippen molar-refractivity contribution in [1.29, 1.82) is 0 Å². The molecule has 0 aliphatic carbocycles. The molecule has 0 rings (SSSR count). The second-order valence-electron chi connectivity index (χ2n) is 3.07. The van der Waals surface area contributed by atoms with Crippen LogP contribution in [0.4, 0.5) is 0 Å². The molecule has 4 nitrogen and oxygen atoms in total. The molecule has 0 aliphatic heterocycles. The number of aliphatic hydroxyl groups is 3. The van der Waals surface area contributed by atoms with E-state index in [9.17, 15) is 0 Å². The molecule has 13 heavy (non-hydrogen) atoms. The zero-order chi connectivity index (χ0) is 10.7. The van der Waals surface area contributed by atoms with Crippen molar-refractivity contribution < 1.29 is 20.1 Å². The van der Waals surface area contributed by atoms with Crippen LogP contribution in [-0.2, 0) is 4.74 Å². The highest BCUT2D eigenvalue weighted by molar-refractivity contribution is 4.69. The molecule has 0 amide bonds. The highest BCUT2D eigenvalue weighted by Gasteiger charge is 2.20. The van der Waals surface area contributed by atoms with Crippen molar-refractivity contribution in [2.24, 2.45) is 5.41 Å². The van der Waals surface area contributed by atoms with Crippen LogP contribution >= 0.6 is 0 Å². The van der Waals surface area contributed by atoms with Gasteiger partial charge in [-0.05, 0) is 13.8 Å². The Kier molecular flexibility index (Phi) is 11.7. The molecular formula is C9H22O4. The molecule has 0 aromatic heterocycles. The second kappa shape index (κ2) is 9.92. The van der Waals surface area contributed by atoms with Crippen LogP contribution in [0.5, 0.6) is 0 Å². The summed E-state index contributed by atoms with van der Waals surface area (Å²) < 4.78 is 4.83. The highest BCUT2D eigenvalue weighted by atomic mass is 16.5. The van der Waals surface area contributed by atoms with Crippen LogP contribution in [0, 0.1) is 5.41 Å². The number of aliphatic hydroxyl groups excluding tert-OH is 3. The van der Waals surface area contributed by atoms with Gasteiger partial charge in [-0.15, -0.1) is 0 Å². The monoisotopic (exact) mass is 194 g/mol. The Morgan fingerprint density at radius 3 is 1.23 bits per heavy atom. The van der Waals surface area contributed by atoms with Gasteiger partial charge in [0.1, 0.15) is 0 Å². The summed E-state index contributed by atoms with van der Waals surface area (Å²) in [6.07, 6.45) is 0. The van der Waals surface area contributed by atoms with E-state index in [2.05, 4.69) is 0 Å². The smallest absolute Gasteiger partial charge is 0.0528 e. The maximum absolute atomic E-state index is 8.47. The summed E-state index contributed by atoms with van der Waals surface area (Å²) in [5.41, 5.74) is -0.708. The molecule has 0 radical (unpaired) electrons. The van der Waals surface area contributed by atoms with Crippen molar-refractivity contribution in [3.8, 4) is 0 Å². The lowest BCUT2D eigenvalue weighted by molar-refractivity contribution is 0.0200. The first kappa shape index (κ1) is 15.3. The molecule has 0 heterocycles.